The minimum Gasteiger partial charge on any atom is -0.668 e. The van der Waals surface area contributed by atoms with Gasteiger partial charge in [-0.25, -0.2) is 0 Å². The summed E-state index contributed by atoms with van der Waals surface area (Å²) in [7, 11) is 11.7. The molecule has 0 aromatic heterocycles. The van der Waals surface area contributed by atoms with Gasteiger partial charge in [-0.2, -0.15) is 28.2 Å². The number of aliphatic imine (C=N–C) groups is 1. The summed E-state index contributed by atoms with van der Waals surface area (Å²) < 4.78 is 16.1. The van der Waals surface area contributed by atoms with Crippen LogP contribution in [-0.2, 0) is 31.6 Å². The van der Waals surface area contributed by atoms with E-state index in [0.29, 0.717) is 22.9 Å². The second-order valence-corrected chi connectivity index (χ2v) is 8.04. The third-order valence-electron chi connectivity index (χ3n) is 4.08. The molecule has 0 bridgehead atoms. The number of nitrogens with zero attached hydrogens (tertiary/aromatic N) is 3. The van der Waals surface area contributed by atoms with Crippen molar-refractivity contribution in [1.82, 2.24) is 0 Å². The quantitative estimate of drug-likeness (QED) is 0.474. The van der Waals surface area contributed by atoms with E-state index in [1.54, 1.807) is 55.7 Å². The van der Waals surface area contributed by atoms with Crippen molar-refractivity contribution >= 4 is 11.9 Å². The number of benzene rings is 2. The van der Waals surface area contributed by atoms with E-state index in [0.717, 1.165) is 16.7 Å². The van der Waals surface area contributed by atoms with Gasteiger partial charge < -0.3 is 30.0 Å². The zero-order valence-electron chi connectivity index (χ0n) is 21.9. The molecule has 182 valence electrons. The second kappa shape index (κ2) is 16.7. The van der Waals surface area contributed by atoms with Gasteiger partial charge in [-0.05, 0) is 36.1 Å². The molecule has 1 N–H and O–H groups in total. The molecule has 0 fully saturated rings. The van der Waals surface area contributed by atoms with Crippen molar-refractivity contribution in [1.29, 1.82) is 0 Å². The van der Waals surface area contributed by atoms with Crippen molar-refractivity contribution < 1.29 is 45.5 Å². The summed E-state index contributed by atoms with van der Waals surface area (Å²) >= 11 is 0. The van der Waals surface area contributed by atoms with Crippen molar-refractivity contribution in [2.45, 2.75) is 33.1 Å². The van der Waals surface area contributed by atoms with Crippen LogP contribution in [0.2, 0.25) is 0 Å². The van der Waals surface area contributed by atoms with Gasteiger partial charge in [0.1, 0.15) is 11.4 Å². The van der Waals surface area contributed by atoms with Gasteiger partial charge in [-0.1, -0.05) is 26.8 Å². The summed E-state index contributed by atoms with van der Waals surface area (Å²) in [5, 5.41) is 17.6. The van der Waals surface area contributed by atoms with Gasteiger partial charge in [0.25, 0.3) is 0 Å². The van der Waals surface area contributed by atoms with Gasteiger partial charge in [0.15, 0.2) is 11.5 Å². The number of methoxy groups -OCH3 is 3. The van der Waals surface area contributed by atoms with Gasteiger partial charge >= 0.3 is 26.2 Å². The Labute approximate surface area is 219 Å². The molecular formula is C25H39N3O4Zr. The van der Waals surface area contributed by atoms with Crippen LogP contribution in [0, 0.1) is 6.92 Å². The van der Waals surface area contributed by atoms with E-state index in [1.165, 1.54) is 0 Å². The molecular weight excluding hydrogens is 498 g/mol. The molecule has 8 heteroatoms. The summed E-state index contributed by atoms with van der Waals surface area (Å²) in [4.78, 5) is 4.49. The molecule has 0 saturated carbocycles. The fraction of sp³-hybridized carbons (Fsp3) is 0.480. The van der Waals surface area contributed by atoms with E-state index in [9.17, 15) is 5.11 Å². The molecule has 0 aliphatic heterocycles. The van der Waals surface area contributed by atoms with E-state index < -0.39 is 0 Å². The van der Waals surface area contributed by atoms with Crippen LogP contribution >= 0.6 is 0 Å². The van der Waals surface area contributed by atoms with Crippen LogP contribution in [0.15, 0.2) is 29.3 Å². The number of phenols is 1. The molecule has 7 nitrogen and oxygen atoms in total. The average molecular weight is 537 g/mol. The Kier molecular flexibility index (Phi) is 16.8. The van der Waals surface area contributed by atoms with E-state index in [1.807, 2.05) is 31.2 Å². The summed E-state index contributed by atoms with van der Waals surface area (Å²) in [5.74, 6) is 1.83. The monoisotopic (exact) mass is 535 g/mol. The van der Waals surface area contributed by atoms with Crippen LogP contribution in [0.3, 0.4) is 0 Å². The summed E-state index contributed by atoms with van der Waals surface area (Å²) in [6.07, 6.45) is 1.67. The number of hydrogen-bond donors (Lipinski definition) is 1. The molecule has 0 amide bonds. The van der Waals surface area contributed by atoms with Crippen molar-refractivity contribution in [2.24, 2.45) is 4.99 Å². The Bertz CT molecular complexity index is 838. The van der Waals surface area contributed by atoms with Gasteiger partial charge in [-0.15, -0.1) is 0 Å². The van der Waals surface area contributed by atoms with Crippen LogP contribution in [0.5, 0.6) is 23.0 Å². The van der Waals surface area contributed by atoms with Crippen LogP contribution < -0.4 is 14.2 Å². The number of aryl methyl sites for hydroxylation is 1. The maximum atomic E-state index is 10.6. The smallest absolute Gasteiger partial charge is 0.668 e. The third kappa shape index (κ3) is 10.7. The first-order valence-corrected chi connectivity index (χ1v) is 10.2. The Morgan fingerprint density at radius 1 is 0.848 bits per heavy atom. The maximum Gasteiger partial charge on any atom is 2.00 e. The minimum atomic E-state index is -0.174. The van der Waals surface area contributed by atoms with E-state index in [-0.39, 0.29) is 37.4 Å². The van der Waals surface area contributed by atoms with Gasteiger partial charge in [0, 0.05) is 17.3 Å². The fourth-order valence-electron chi connectivity index (χ4n) is 2.75. The first-order valence-electron chi connectivity index (χ1n) is 10.2. The summed E-state index contributed by atoms with van der Waals surface area (Å²) in [6, 6.07) is 7.47. The van der Waals surface area contributed by atoms with Gasteiger partial charge in [0.2, 0.25) is 5.75 Å². The van der Waals surface area contributed by atoms with Crippen LogP contribution in [0.25, 0.3) is 10.6 Å². The molecule has 0 aliphatic carbocycles. The molecule has 0 heterocycles. The molecule has 2 rings (SSSR count). The topological polar surface area (TPSA) is 88.5 Å². The molecule has 0 radical (unpaired) electrons. The Morgan fingerprint density at radius 3 is 1.67 bits per heavy atom. The molecule has 0 aliphatic rings. The third-order valence-corrected chi connectivity index (χ3v) is 4.08. The molecule has 2 aromatic rings. The zero-order chi connectivity index (χ0) is 24.9. The number of phenolic OH excluding ortho intramolecular Hbond substituents is 1. The first-order chi connectivity index (χ1) is 15.0. The minimum absolute atomic E-state index is 0. The first kappa shape index (κ1) is 33.3. The molecule has 0 unspecified atom stereocenters. The standard InChI is InChI=1S/C21H27NO4.2C2H6N.Zr/c1-13-8-15(21(2,3)4)19(23)16(9-13)22-12-14-10-17(24-5)20(26-7)18(11-14)25-6;2*1-3-2;/h8-12,23H,1-7H3;2*1-2H3;/q;2*-1;+2. The molecule has 2 aromatic carbocycles. The zero-order valence-corrected chi connectivity index (χ0v) is 24.4. The predicted molar refractivity (Wildman–Crippen MR) is 135 cm³/mol. The van der Waals surface area contributed by atoms with Gasteiger partial charge in [-0.3, -0.25) is 4.99 Å². The van der Waals surface area contributed by atoms with Crippen molar-refractivity contribution in [3.63, 3.8) is 0 Å². The molecule has 0 saturated heterocycles. The van der Waals surface area contributed by atoms with Gasteiger partial charge in [0.05, 0.1) is 21.3 Å². The fourth-order valence-corrected chi connectivity index (χ4v) is 2.75. The number of aromatic hydroxyl groups is 1. The Morgan fingerprint density at radius 2 is 1.30 bits per heavy atom. The van der Waals surface area contributed by atoms with Crippen molar-refractivity contribution in [3.8, 4) is 23.0 Å². The molecule has 33 heavy (non-hydrogen) atoms. The number of hydrogen-bond acceptors (Lipinski definition) is 5. The van der Waals surface area contributed by atoms with Crippen molar-refractivity contribution in [2.75, 3.05) is 49.5 Å². The average Bonchev–Trinajstić information content (AvgIpc) is 2.73. The van der Waals surface area contributed by atoms with E-state index in [4.69, 9.17) is 14.2 Å². The SMILES string of the molecule is COc1cc(C=Nc2cc(C)cc(C(C)(C)C)c2O)cc(OC)c1OC.C[N-]C.C[N-]C.[Zr+2]. The van der Waals surface area contributed by atoms with Crippen LogP contribution in [0.4, 0.5) is 5.69 Å². The molecule has 0 spiro atoms. The predicted octanol–water partition coefficient (Wildman–Crippen LogP) is 6.01. The summed E-state index contributed by atoms with van der Waals surface area (Å²) in [5.41, 5.74) is 3.05. The number of ether oxygens (including phenoxy) is 3. The largest absolute Gasteiger partial charge is 2.00 e. The Balaban J connectivity index is 0. The number of rotatable bonds is 5. The van der Waals surface area contributed by atoms with Crippen LogP contribution in [-0.4, -0.2) is 60.8 Å². The molecule has 0 atom stereocenters. The maximum absolute atomic E-state index is 10.6. The second-order valence-electron chi connectivity index (χ2n) is 8.04. The normalized spacial score (nSPS) is 10.3. The van der Waals surface area contributed by atoms with E-state index in [2.05, 4.69) is 36.4 Å². The van der Waals surface area contributed by atoms with Crippen molar-refractivity contribution in [3.05, 3.63) is 51.6 Å². The Hall–Kier alpha value is -1.89. The van der Waals surface area contributed by atoms with E-state index >= 15 is 0 Å². The van der Waals surface area contributed by atoms with Crippen LogP contribution in [0.1, 0.15) is 37.5 Å². The summed E-state index contributed by atoms with van der Waals surface area (Å²) in [6.45, 7) is 8.18.